The highest BCUT2D eigenvalue weighted by atomic mass is 35.6. The fourth-order valence-electron chi connectivity index (χ4n) is 2.11. The number of halogens is 3. The Balaban J connectivity index is 1.90. The van der Waals surface area contributed by atoms with Gasteiger partial charge in [-0.15, -0.1) is 0 Å². The number of carbonyl (C=O) groups is 1. The molecule has 1 fully saturated rings. The van der Waals surface area contributed by atoms with Crippen molar-refractivity contribution in [3.8, 4) is 0 Å². The van der Waals surface area contributed by atoms with E-state index in [1.807, 2.05) is 4.90 Å². The van der Waals surface area contributed by atoms with Crippen molar-refractivity contribution in [2.75, 3.05) is 31.5 Å². The van der Waals surface area contributed by atoms with Gasteiger partial charge in [0.15, 0.2) is 5.11 Å². The SMILES string of the molecule is O=C(/C=C/N1CCNCC1)NC(NC(=S)Nc1ccccn1)C(Cl)(Cl)Cl. The zero-order valence-corrected chi connectivity index (χ0v) is 16.8. The molecule has 7 nitrogen and oxygen atoms in total. The van der Waals surface area contributed by atoms with Crippen LogP contribution in [0.4, 0.5) is 5.82 Å². The maximum atomic E-state index is 12.2. The van der Waals surface area contributed by atoms with Gasteiger partial charge in [0.05, 0.1) is 0 Å². The van der Waals surface area contributed by atoms with Crippen molar-refractivity contribution in [1.29, 1.82) is 0 Å². The van der Waals surface area contributed by atoms with Gasteiger partial charge >= 0.3 is 0 Å². The number of carbonyl (C=O) groups excluding carboxylic acids is 1. The van der Waals surface area contributed by atoms with Crippen molar-refractivity contribution in [2.45, 2.75) is 9.96 Å². The van der Waals surface area contributed by atoms with Crippen LogP contribution in [0.5, 0.6) is 0 Å². The van der Waals surface area contributed by atoms with E-state index in [9.17, 15) is 4.79 Å². The molecule has 1 aromatic rings. The summed E-state index contributed by atoms with van der Waals surface area (Å²) in [6, 6.07) is 5.30. The molecule has 4 N–H and O–H groups in total. The van der Waals surface area contributed by atoms with Gasteiger partial charge in [-0.3, -0.25) is 4.79 Å². The van der Waals surface area contributed by atoms with E-state index in [2.05, 4.69) is 26.3 Å². The number of pyridine rings is 1. The first-order chi connectivity index (χ1) is 12.3. The molecule has 1 aliphatic heterocycles. The number of anilines is 1. The van der Waals surface area contributed by atoms with E-state index < -0.39 is 15.9 Å². The topological polar surface area (TPSA) is 81.3 Å². The van der Waals surface area contributed by atoms with E-state index in [4.69, 9.17) is 47.0 Å². The van der Waals surface area contributed by atoms with E-state index in [1.54, 1.807) is 30.6 Å². The molecule has 0 aromatic carbocycles. The molecule has 1 aromatic heterocycles. The molecule has 11 heteroatoms. The Morgan fingerprint density at radius 2 is 2.04 bits per heavy atom. The molecule has 1 saturated heterocycles. The van der Waals surface area contributed by atoms with Crippen LogP contribution in [0.2, 0.25) is 0 Å². The van der Waals surface area contributed by atoms with Gasteiger partial charge < -0.3 is 26.2 Å². The van der Waals surface area contributed by atoms with Gasteiger partial charge in [-0.1, -0.05) is 40.9 Å². The summed E-state index contributed by atoms with van der Waals surface area (Å²) < 4.78 is -1.81. The summed E-state index contributed by atoms with van der Waals surface area (Å²) in [5, 5.41) is 11.6. The molecule has 0 radical (unpaired) electrons. The minimum absolute atomic E-state index is 0.159. The Morgan fingerprint density at radius 1 is 1.31 bits per heavy atom. The third-order valence-electron chi connectivity index (χ3n) is 3.38. The molecule has 2 heterocycles. The van der Waals surface area contributed by atoms with E-state index in [0.29, 0.717) is 5.82 Å². The Hall–Kier alpha value is -1.32. The molecule has 142 valence electrons. The molecule has 26 heavy (non-hydrogen) atoms. The lowest BCUT2D eigenvalue weighted by atomic mass is 10.4. The van der Waals surface area contributed by atoms with Gasteiger partial charge in [0.2, 0.25) is 9.70 Å². The monoisotopic (exact) mass is 436 g/mol. The van der Waals surface area contributed by atoms with Crippen LogP contribution in [0.3, 0.4) is 0 Å². The number of nitrogens with one attached hydrogen (secondary N) is 4. The molecule has 1 aliphatic rings. The van der Waals surface area contributed by atoms with Crippen molar-refractivity contribution in [3.05, 3.63) is 36.7 Å². The van der Waals surface area contributed by atoms with E-state index >= 15 is 0 Å². The normalized spacial score (nSPS) is 16.2. The molecule has 0 aliphatic carbocycles. The minimum Gasteiger partial charge on any atom is -0.375 e. The van der Waals surface area contributed by atoms with Crippen molar-refractivity contribution in [3.63, 3.8) is 0 Å². The number of amides is 1. The summed E-state index contributed by atoms with van der Waals surface area (Å²) in [4.78, 5) is 18.3. The summed E-state index contributed by atoms with van der Waals surface area (Å²) in [6.07, 6.45) is 3.69. The van der Waals surface area contributed by atoms with Gasteiger partial charge in [-0.05, 0) is 24.4 Å². The molecule has 0 spiro atoms. The number of aromatic nitrogens is 1. The van der Waals surface area contributed by atoms with Gasteiger partial charge in [0.25, 0.3) is 0 Å². The van der Waals surface area contributed by atoms with E-state index in [-0.39, 0.29) is 5.11 Å². The van der Waals surface area contributed by atoms with Crippen molar-refractivity contribution in [1.82, 2.24) is 25.8 Å². The fraction of sp³-hybridized carbons (Fsp3) is 0.400. The lowest BCUT2D eigenvalue weighted by molar-refractivity contribution is -0.117. The minimum atomic E-state index is -1.81. The maximum absolute atomic E-state index is 12.2. The van der Waals surface area contributed by atoms with Crippen LogP contribution in [0, 0.1) is 0 Å². The third kappa shape index (κ3) is 7.51. The summed E-state index contributed by atoms with van der Waals surface area (Å²) in [7, 11) is 0. The zero-order valence-electron chi connectivity index (χ0n) is 13.7. The number of nitrogens with zero attached hydrogens (tertiary/aromatic N) is 2. The number of alkyl halides is 3. The Kier molecular flexibility index (Phi) is 8.17. The van der Waals surface area contributed by atoms with Crippen molar-refractivity contribution in [2.24, 2.45) is 0 Å². The maximum Gasteiger partial charge on any atom is 0.247 e. The largest absolute Gasteiger partial charge is 0.375 e. The number of rotatable bonds is 5. The summed E-state index contributed by atoms with van der Waals surface area (Å²) in [5.74, 6) is 0.117. The third-order valence-corrected chi connectivity index (χ3v) is 4.26. The summed E-state index contributed by atoms with van der Waals surface area (Å²) in [5.41, 5.74) is 0. The van der Waals surface area contributed by atoms with E-state index in [1.165, 1.54) is 6.08 Å². The first kappa shape index (κ1) is 21.0. The molecule has 0 bridgehead atoms. The van der Waals surface area contributed by atoms with Crippen molar-refractivity contribution >= 4 is 63.9 Å². The molecule has 1 amide bonds. The number of hydrogen-bond donors (Lipinski definition) is 4. The second-order valence-corrected chi connectivity index (χ2v) is 8.18. The quantitative estimate of drug-likeness (QED) is 0.241. The predicted molar refractivity (Wildman–Crippen MR) is 109 cm³/mol. The zero-order chi connectivity index (χ0) is 19.0. The first-order valence-electron chi connectivity index (χ1n) is 7.83. The standard InChI is InChI=1S/C15H19Cl3N6OS/c16-15(17,18)13(23-14(26)21-11-3-1-2-5-20-11)22-12(25)4-8-24-9-6-19-7-10-24/h1-5,8,13,19H,6-7,9-10H2,(H,22,25)(H2,20,21,23,26)/b8-4+. The Labute approximate surface area is 172 Å². The molecular formula is C15H19Cl3N6OS. The number of piperazine rings is 1. The fourth-order valence-corrected chi connectivity index (χ4v) is 2.66. The van der Waals surface area contributed by atoms with Crippen LogP contribution < -0.4 is 21.3 Å². The highest BCUT2D eigenvalue weighted by Gasteiger charge is 2.34. The number of thiocarbonyl (C=S) groups is 1. The molecule has 1 unspecified atom stereocenters. The van der Waals surface area contributed by atoms with Crippen LogP contribution in [0.1, 0.15) is 0 Å². The average molecular weight is 438 g/mol. The van der Waals surface area contributed by atoms with Gasteiger partial charge in [0, 0.05) is 44.7 Å². The molecule has 0 saturated carbocycles. The van der Waals surface area contributed by atoms with Crippen molar-refractivity contribution < 1.29 is 4.79 Å². The molecule has 1 atom stereocenters. The summed E-state index contributed by atoms with van der Waals surface area (Å²) in [6.45, 7) is 3.40. The predicted octanol–water partition coefficient (Wildman–Crippen LogP) is 1.60. The molecular weight excluding hydrogens is 419 g/mol. The first-order valence-corrected chi connectivity index (χ1v) is 9.37. The average Bonchev–Trinajstić information content (AvgIpc) is 2.60. The van der Waals surface area contributed by atoms with E-state index in [0.717, 1.165) is 26.2 Å². The Morgan fingerprint density at radius 3 is 2.65 bits per heavy atom. The van der Waals surface area contributed by atoms with Crippen LogP contribution in [0.15, 0.2) is 36.7 Å². The smallest absolute Gasteiger partial charge is 0.247 e. The van der Waals surface area contributed by atoms with Crippen LogP contribution in [-0.2, 0) is 4.79 Å². The molecule has 2 rings (SSSR count). The van der Waals surface area contributed by atoms with Crippen LogP contribution >= 0.6 is 47.0 Å². The van der Waals surface area contributed by atoms with Crippen LogP contribution in [-0.4, -0.2) is 57.0 Å². The highest BCUT2D eigenvalue weighted by molar-refractivity contribution is 7.80. The van der Waals surface area contributed by atoms with Gasteiger partial charge in [-0.25, -0.2) is 4.98 Å². The van der Waals surface area contributed by atoms with Gasteiger partial charge in [-0.2, -0.15) is 0 Å². The second-order valence-electron chi connectivity index (χ2n) is 5.40. The second kappa shape index (κ2) is 10.1. The van der Waals surface area contributed by atoms with Gasteiger partial charge in [0.1, 0.15) is 12.0 Å². The Bertz CT molecular complexity index is 634. The summed E-state index contributed by atoms with van der Waals surface area (Å²) >= 11 is 23.0. The van der Waals surface area contributed by atoms with Crippen LogP contribution in [0.25, 0.3) is 0 Å². The highest BCUT2D eigenvalue weighted by Crippen LogP contribution is 2.29. The number of hydrogen-bond acceptors (Lipinski definition) is 5. The lowest BCUT2D eigenvalue weighted by Gasteiger charge is -2.28. The lowest BCUT2D eigenvalue weighted by Crippen LogP contribution is -2.56.